The number of rotatable bonds is 5. The van der Waals surface area contributed by atoms with Crippen LogP contribution in [-0.2, 0) is 6.42 Å². The van der Waals surface area contributed by atoms with Crippen molar-refractivity contribution in [3.05, 3.63) is 139 Å². The Labute approximate surface area is 205 Å². The van der Waals surface area contributed by atoms with Crippen LogP contribution in [0.25, 0.3) is 49.9 Å². The van der Waals surface area contributed by atoms with Crippen LogP contribution < -0.4 is 5.73 Å². The van der Waals surface area contributed by atoms with Gasteiger partial charge in [0.25, 0.3) is 0 Å². The van der Waals surface area contributed by atoms with Gasteiger partial charge in [0.05, 0.1) is 0 Å². The molecule has 0 amide bonds. The fraction of sp³-hybridized carbons (Fsp3) is 0.0303. The molecule has 0 aliphatic rings. The first-order valence-electron chi connectivity index (χ1n) is 11.9. The van der Waals surface area contributed by atoms with E-state index < -0.39 is 0 Å². The van der Waals surface area contributed by atoms with Crippen LogP contribution in [0.15, 0.2) is 132 Å². The van der Waals surface area contributed by atoms with Gasteiger partial charge in [-0.1, -0.05) is 109 Å². The molecule has 0 saturated heterocycles. The van der Waals surface area contributed by atoms with Crippen LogP contribution in [0.1, 0.15) is 11.1 Å². The predicted molar refractivity (Wildman–Crippen MR) is 147 cm³/mol. The maximum absolute atomic E-state index is 6.50. The predicted octanol–water partition coefficient (Wildman–Crippen LogP) is 8.46. The monoisotopic (exact) mass is 451 g/mol. The van der Waals surface area contributed by atoms with Gasteiger partial charge in [-0.25, -0.2) is 0 Å². The molecule has 5 aromatic carbocycles. The normalized spacial score (nSPS) is 11.8. The lowest BCUT2D eigenvalue weighted by Crippen LogP contribution is -1.97. The molecular weight excluding hydrogens is 426 g/mol. The number of hydrogen-bond acceptors (Lipinski definition) is 2. The summed E-state index contributed by atoms with van der Waals surface area (Å²) in [5.74, 6) is 0. The molecule has 6 aromatic rings. The highest BCUT2D eigenvalue weighted by atomic mass is 16.3. The largest absolute Gasteiger partial charge is 0.456 e. The summed E-state index contributed by atoms with van der Waals surface area (Å²) in [6.07, 6.45) is 2.83. The van der Waals surface area contributed by atoms with Crippen molar-refractivity contribution in [3.8, 4) is 22.3 Å². The number of fused-ring (bicyclic) bond motifs is 3. The zero-order chi connectivity index (χ0) is 23.6. The highest BCUT2D eigenvalue weighted by molar-refractivity contribution is 6.04. The lowest BCUT2D eigenvalue weighted by atomic mass is 9.98. The van der Waals surface area contributed by atoms with E-state index in [9.17, 15) is 0 Å². The maximum atomic E-state index is 6.50. The molecule has 6 rings (SSSR count). The van der Waals surface area contributed by atoms with E-state index in [4.69, 9.17) is 10.2 Å². The Bertz CT molecular complexity index is 1660. The number of para-hydroxylation sites is 1. The molecule has 35 heavy (non-hydrogen) atoms. The second-order valence-electron chi connectivity index (χ2n) is 8.82. The Balaban J connectivity index is 1.22. The van der Waals surface area contributed by atoms with Crippen LogP contribution in [0.3, 0.4) is 0 Å². The molecule has 0 atom stereocenters. The summed E-state index contributed by atoms with van der Waals surface area (Å²) >= 11 is 0. The first-order chi connectivity index (χ1) is 17.2. The molecule has 2 nitrogen and oxygen atoms in total. The average molecular weight is 452 g/mol. The minimum absolute atomic E-state index is 0.745. The summed E-state index contributed by atoms with van der Waals surface area (Å²) in [6, 6.07) is 42.1. The van der Waals surface area contributed by atoms with Gasteiger partial charge in [0, 0.05) is 16.5 Å². The molecule has 2 N–H and O–H groups in total. The number of nitrogens with two attached hydrogens (primary N) is 1. The zero-order valence-corrected chi connectivity index (χ0v) is 19.3. The molecule has 0 saturated carbocycles. The molecular formula is C33H25NO. The molecule has 0 bridgehead atoms. The van der Waals surface area contributed by atoms with Gasteiger partial charge in [-0.2, -0.15) is 0 Å². The van der Waals surface area contributed by atoms with Crippen LogP contribution in [0.2, 0.25) is 0 Å². The Kier molecular flexibility index (Phi) is 5.40. The summed E-state index contributed by atoms with van der Waals surface area (Å²) in [5.41, 5.74) is 16.1. The second-order valence-corrected chi connectivity index (χ2v) is 8.82. The van der Waals surface area contributed by atoms with Crippen molar-refractivity contribution in [3.63, 3.8) is 0 Å². The van der Waals surface area contributed by atoms with Crippen LogP contribution >= 0.6 is 0 Å². The molecule has 1 aromatic heterocycles. The van der Waals surface area contributed by atoms with E-state index in [2.05, 4.69) is 103 Å². The van der Waals surface area contributed by atoms with E-state index in [-0.39, 0.29) is 0 Å². The standard InChI is InChI=1S/C33H25NO/c34-31(20-14-23-13-19-30-29-11-4-5-12-32(29)35-33(30)21-23)28-10-6-9-27(22-28)26-17-15-25(16-18-26)24-7-2-1-3-8-24/h1-13,15-22H,14,34H2/b31-20-. The van der Waals surface area contributed by atoms with Crippen molar-refractivity contribution in [1.29, 1.82) is 0 Å². The minimum Gasteiger partial charge on any atom is -0.456 e. The van der Waals surface area contributed by atoms with Gasteiger partial charge in [-0.3, -0.25) is 0 Å². The van der Waals surface area contributed by atoms with Crippen LogP contribution in [0, 0.1) is 0 Å². The summed E-state index contributed by atoms with van der Waals surface area (Å²) < 4.78 is 6.03. The van der Waals surface area contributed by atoms with Crippen LogP contribution in [-0.4, -0.2) is 0 Å². The molecule has 0 aliphatic carbocycles. The van der Waals surface area contributed by atoms with Gasteiger partial charge >= 0.3 is 0 Å². The van der Waals surface area contributed by atoms with Crippen molar-refractivity contribution in [2.45, 2.75) is 6.42 Å². The summed E-state index contributed by atoms with van der Waals surface area (Å²) in [6.45, 7) is 0. The lowest BCUT2D eigenvalue weighted by Gasteiger charge is -2.08. The van der Waals surface area contributed by atoms with Crippen molar-refractivity contribution >= 4 is 27.6 Å². The number of furan rings is 1. The number of allylic oxidation sites excluding steroid dienone is 1. The van der Waals surface area contributed by atoms with Gasteiger partial charge in [0.1, 0.15) is 11.2 Å². The van der Waals surface area contributed by atoms with Crippen molar-refractivity contribution < 1.29 is 4.42 Å². The third-order valence-electron chi connectivity index (χ3n) is 6.52. The Morgan fingerprint density at radius 3 is 2.06 bits per heavy atom. The van der Waals surface area contributed by atoms with Crippen LogP contribution in [0.5, 0.6) is 0 Å². The van der Waals surface area contributed by atoms with Gasteiger partial charge in [0.2, 0.25) is 0 Å². The quantitative estimate of drug-likeness (QED) is 0.285. The average Bonchev–Trinajstić information content (AvgIpc) is 3.30. The minimum atomic E-state index is 0.745. The zero-order valence-electron chi connectivity index (χ0n) is 19.3. The summed E-state index contributed by atoms with van der Waals surface area (Å²) in [4.78, 5) is 0. The van der Waals surface area contributed by atoms with Crippen molar-refractivity contribution in [2.24, 2.45) is 5.73 Å². The first-order valence-corrected chi connectivity index (χ1v) is 11.9. The first kappa shape index (κ1) is 21.0. The van der Waals surface area contributed by atoms with E-state index in [1.807, 2.05) is 24.3 Å². The van der Waals surface area contributed by atoms with Crippen molar-refractivity contribution in [1.82, 2.24) is 0 Å². The molecule has 0 aliphatic heterocycles. The van der Waals surface area contributed by atoms with E-state index >= 15 is 0 Å². The van der Waals surface area contributed by atoms with E-state index in [1.165, 1.54) is 22.3 Å². The van der Waals surface area contributed by atoms with E-state index in [0.717, 1.165) is 45.2 Å². The van der Waals surface area contributed by atoms with Gasteiger partial charge < -0.3 is 10.2 Å². The Morgan fingerprint density at radius 1 is 0.571 bits per heavy atom. The third-order valence-corrected chi connectivity index (χ3v) is 6.52. The van der Waals surface area contributed by atoms with E-state index in [0.29, 0.717) is 0 Å². The molecule has 2 heteroatoms. The third kappa shape index (κ3) is 4.22. The molecule has 0 unspecified atom stereocenters. The molecule has 0 fully saturated rings. The highest BCUT2D eigenvalue weighted by Gasteiger charge is 2.07. The van der Waals surface area contributed by atoms with Gasteiger partial charge in [0.15, 0.2) is 0 Å². The molecule has 1 heterocycles. The SMILES string of the molecule is N/C(=C\Cc1ccc2c(c1)oc1ccccc12)c1cccc(-c2ccc(-c3ccccc3)cc2)c1. The van der Waals surface area contributed by atoms with Crippen molar-refractivity contribution in [2.75, 3.05) is 0 Å². The molecule has 0 radical (unpaired) electrons. The topological polar surface area (TPSA) is 39.2 Å². The van der Waals surface area contributed by atoms with Crippen LogP contribution in [0.4, 0.5) is 0 Å². The van der Waals surface area contributed by atoms with Gasteiger partial charge in [-0.05, 0) is 58.0 Å². The number of hydrogen-bond donors (Lipinski definition) is 1. The second kappa shape index (κ2) is 9.00. The summed E-state index contributed by atoms with van der Waals surface area (Å²) in [7, 11) is 0. The highest BCUT2D eigenvalue weighted by Crippen LogP contribution is 2.30. The Hall–Kier alpha value is -4.56. The fourth-order valence-corrected chi connectivity index (χ4v) is 4.61. The summed E-state index contributed by atoms with van der Waals surface area (Å²) in [5, 5.41) is 2.30. The number of benzene rings is 5. The smallest absolute Gasteiger partial charge is 0.135 e. The van der Waals surface area contributed by atoms with Gasteiger partial charge in [-0.15, -0.1) is 0 Å². The Morgan fingerprint density at radius 2 is 1.23 bits per heavy atom. The maximum Gasteiger partial charge on any atom is 0.135 e. The lowest BCUT2D eigenvalue weighted by molar-refractivity contribution is 0.668. The molecule has 168 valence electrons. The fourth-order valence-electron chi connectivity index (χ4n) is 4.61. The molecule has 0 spiro atoms. The van der Waals surface area contributed by atoms with E-state index in [1.54, 1.807) is 0 Å².